The van der Waals surface area contributed by atoms with Crippen LogP contribution >= 0.6 is 24.0 Å². The van der Waals surface area contributed by atoms with Crippen LogP contribution < -0.4 is 0 Å². The fraction of sp³-hybridized carbons (Fsp3) is 0.100. The van der Waals surface area contributed by atoms with Crippen molar-refractivity contribution < 1.29 is 0 Å². The van der Waals surface area contributed by atoms with Gasteiger partial charge in [0.1, 0.15) is 0 Å². The fourth-order valence-corrected chi connectivity index (χ4v) is 1.43. The fourth-order valence-electron chi connectivity index (χ4n) is 1.23. The molecule has 1 heterocycles. The van der Waals surface area contributed by atoms with Crippen LogP contribution in [0.4, 0.5) is 0 Å². The lowest BCUT2D eigenvalue weighted by atomic mass is 10.1. The highest BCUT2D eigenvalue weighted by atomic mass is 35.5. The van der Waals surface area contributed by atoms with Crippen LogP contribution in [0.15, 0.2) is 36.8 Å². The standard InChI is InChI=1S/C10H9ClN2.ClH/c11-10-4-2-1-3-8(10)5-9-6-12-7-13-9;/h1-4,6-7H,5H2,(H,12,13);1H. The molecule has 0 saturated carbocycles. The quantitative estimate of drug-likeness (QED) is 0.842. The number of nitrogens with zero attached hydrogens (tertiary/aromatic N) is 1. The van der Waals surface area contributed by atoms with Gasteiger partial charge in [-0.2, -0.15) is 0 Å². The molecule has 2 rings (SSSR count). The van der Waals surface area contributed by atoms with Gasteiger partial charge in [-0.15, -0.1) is 12.4 Å². The van der Waals surface area contributed by atoms with E-state index in [0.717, 1.165) is 22.7 Å². The van der Waals surface area contributed by atoms with Gasteiger partial charge < -0.3 is 4.98 Å². The van der Waals surface area contributed by atoms with Crippen molar-refractivity contribution in [2.75, 3.05) is 0 Å². The molecule has 0 saturated heterocycles. The summed E-state index contributed by atoms with van der Waals surface area (Å²) in [6.07, 6.45) is 4.29. The van der Waals surface area contributed by atoms with E-state index in [1.165, 1.54) is 0 Å². The summed E-state index contributed by atoms with van der Waals surface area (Å²) in [4.78, 5) is 6.99. The van der Waals surface area contributed by atoms with Gasteiger partial charge in [-0.3, -0.25) is 0 Å². The first kappa shape index (κ1) is 11.1. The number of imidazole rings is 1. The lowest BCUT2D eigenvalue weighted by Gasteiger charge is -2.00. The number of H-pyrrole nitrogens is 1. The van der Waals surface area contributed by atoms with Crippen molar-refractivity contribution in [3.8, 4) is 0 Å². The summed E-state index contributed by atoms with van der Waals surface area (Å²) in [6, 6.07) is 7.83. The average molecular weight is 229 g/mol. The van der Waals surface area contributed by atoms with Crippen molar-refractivity contribution >= 4 is 24.0 Å². The van der Waals surface area contributed by atoms with Crippen molar-refractivity contribution in [3.05, 3.63) is 53.1 Å². The molecule has 0 radical (unpaired) electrons. The molecule has 0 fully saturated rings. The Labute approximate surface area is 93.7 Å². The highest BCUT2D eigenvalue weighted by molar-refractivity contribution is 6.31. The van der Waals surface area contributed by atoms with Crippen LogP contribution in [0.2, 0.25) is 5.02 Å². The van der Waals surface area contributed by atoms with Crippen molar-refractivity contribution in [3.63, 3.8) is 0 Å². The molecule has 0 spiro atoms. The predicted molar refractivity (Wildman–Crippen MR) is 60.1 cm³/mol. The second-order valence-corrected chi connectivity index (χ2v) is 3.25. The van der Waals surface area contributed by atoms with Crippen LogP contribution in [-0.2, 0) is 6.42 Å². The minimum atomic E-state index is 0. The molecule has 1 aromatic heterocycles. The Bertz CT molecular complexity index is 385. The third-order valence-corrected chi connectivity index (χ3v) is 2.26. The Balaban J connectivity index is 0.000000980. The molecule has 0 bridgehead atoms. The molecule has 14 heavy (non-hydrogen) atoms. The van der Waals surface area contributed by atoms with Gasteiger partial charge in [0, 0.05) is 23.3 Å². The maximum atomic E-state index is 6.01. The predicted octanol–water partition coefficient (Wildman–Crippen LogP) is 3.08. The number of nitrogens with one attached hydrogen (secondary N) is 1. The Morgan fingerprint density at radius 3 is 2.71 bits per heavy atom. The summed E-state index contributed by atoms with van der Waals surface area (Å²) in [5.74, 6) is 0. The van der Waals surface area contributed by atoms with E-state index in [4.69, 9.17) is 11.6 Å². The Kier molecular flexibility index (Phi) is 3.98. The van der Waals surface area contributed by atoms with Gasteiger partial charge in [0.2, 0.25) is 0 Å². The third kappa shape index (κ3) is 2.50. The number of rotatable bonds is 2. The lowest BCUT2D eigenvalue weighted by molar-refractivity contribution is 1.11. The normalized spacial score (nSPS) is 9.50. The SMILES string of the molecule is Cl.Clc1ccccc1Cc1cnc[nH]1. The van der Waals surface area contributed by atoms with Gasteiger partial charge in [-0.05, 0) is 11.6 Å². The molecule has 0 aliphatic heterocycles. The molecule has 1 N–H and O–H groups in total. The summed E-state index contributed by atoms with van der Waals surface area (Å²) < 4.78 is 0. The minimum Gasteiger partial charge on any atom is -0.348 e. The first-order chi connectivity index (χ1) is 6.36. The van der Waals surface area contributed by atoms with Gasteiger partial charge in [-0.25, -0.2) is 4.98 Å². The topological polar surface area (TPSA) is 28.7 Å². The molecular formula is C10H10Cl2N2. The molecule has 0 aliphatic carbocycles. The van der Waals surface area contributed by atoms with Gasteiger partial charge in [-0.1, -0.05) is 29.8 Å². The molecule has 2 aromatic rings. The Morgan fingerprint density at radius 2 is 2.07 bits per heavy atom. The smallest absolute Gasteiger partial charge is 0.0921 e. The van der Waals surface area contributed by atoms with E-state index in [9.17, 15) is 0 Å². The first-order valence-corrected chi connectivity index (χ1v) is 4.45. The molecule has 0 amide bonds. The van der Waals surface area contributed by atoms with E-state index < -0.39 is 0 Å². The van der Waals surface area contributed by atoms with E-state index in [-0.39, 0.29) is 12.4 Å². The average Bonchev–Trinajstić information content (AvgIpc) is 2.61. The number of aromatic nitrogens is 2. The van der Waals surface area contributed by atoms with Gasteiger partial charge in [0.15, 0.2) is 0 Å². The maximum Gasteiger partial charge on any atom is 0.0921 e. The first-order valence-electron chi connectivity index (χ1n) is 4.07. The van der Waals surface area contributed by atoms with Crippen molar-refractivity contribution in [2.24, 2.45) is 0 Å². The zero-order valence-corrected chi connectivity index (χ0v) is 8.98. The van der Waals surface area contributed by atoms with Crippen molar-refractivity contribution in [2.45, 2.75) is 6.42 Å². The number of benzene rings is 1. The number of halogens is 2. The molecule has 0 unspecified atom stereocenters. The highest BCUT2D eigenvalue weighted by Crippen LogP contribution is 2.17. The Hall–Kier alpha value is -0.990. The largest absolute Gasteiger partial charge is 0.348 e. The van der Waals surface area contributed by atoms with E-state index in [1.54, 1.807) is 6.33 Å². The van der Waals surface area contributed by atoms with Gasteiger partial charge in [0.25, 0.3) is 0 Å². The van der Waals surface area contributed by atoms with Gasteiger partial charge in [0.05, 0.1) is 6.33 Å². The zero-order chi connectivity index (χ0) is 9.10. The number of aromatic amines is 1. The van der Waals surface area contributed by atoms with E-state index in [0.29, 0.717) is 0 Å². The summed E-state index contributed by atoms with van der Waals surface area (Å²) >= 11 is 6.01. The summed E-state index contributed by atoms with van der Waals surface area (Å²) in [7, 11) is 0. The third-order valence-electron chi connectivity index (χ3n) is 1.89. The molecule has 74 valence electrons. The minimum absolute atomic E-state index is 0. The number of hydrogen-bond donors (Lipinski definition) is 1. The number of hydrogen-bond acceptors (Lipinski definition) is 1. The van der Waals surface area contributed by atoms with Crippen LogP contribution in [0.5, 0.6) is 0 Å². The molecule has 0 aliphatic rings. The molecule has 2 nitrogen and oxygen atoms in total. The lowest BCUT2D eigenvalue weighted by Crippen LogP contribution is -1.88. The van der Waals surface area contributed by atoms with Crippen LogP contribution in [0.3, 0.4) is 0 Å². The molecule has 1 aromatic carbocycles. The summed E-state index contributed by atoms with van der Waals surface area (Å²) in [5, 5.41) is 0.803. The second-order valence-electron chi connectivity index (χ2n) is 2.85. The molecular weight excluding hydrogens is 219 g/mol. The molecule has 4 heteroatoms. The second kappa shape index (κ2) is 5.03. The van der Waals surface area contributed by atoms with Crippen molar-refractivity contribution in [1.82, 2.24) is 9.97 Å². The zero-order valence-electron chi connectivity index (χ0n) is 7.40. The van der Waals surface area contributed by atoms with E-state index >= 15 is 0 Å². The van der Waals surface area contributed by atoms with Crippen LogP contribution in [0, 0.1) is 0 Å². The van der Waals surface area contributed by atoms with Crippen LogP contribution in [0.25, 0.3) is 0 Å². The van der Waals surface area contributed by atoms with Crippen LogP contribution in [-0.4, -0.2) is 9.97 Å². The molecule has 0 atom stereocenters. The Morgan fingerprint density at radius 1 is 1.29 bits per heavy atom. The van der Waals surface area contributed by atoms with E-state index in [1.807, 2.05) is 30.5 Å². The monoisotopic (exact) mass is 228 g/mol. The van der Waals surface area contributed by atoms with Crippen LogP contribution in [0.1, 0.15) is 11.3 Å². The van der Waals surface area contributed by atoms with Crippen molar-refractivity contribution in [1.29, 1.82) is 0 Å². The summed E-state index contributed by atoms with van der Waals surface area (Å²) in [5.41, 5.74) is 2.20. The highest BCUT2D eigenvalue weighted by Gasteiger charge is 2.00. The van der Waals surface area contributed by atoms with Gasteiger partial charge >= 0.3 is 0 Å². The maximum absolute atomic E-state index is 6.01. The van der Waals surface area contributed by atoms with E-state index in [2.05, 4.69) is 9.97 Å². The summed E-state index contributed by atoms with van der Waals surface area (Å²) in [6.45, 7) is 0.